The normalized spacial score (nSPS) is 15.9. The number of hydrogen-bond donors (Lipinski definition) is 2. The molecular formula is C13H19ClN2O. The molecule has 1 atom stereocenters. The first-order chi connectivity index (χ1) is 7.66. The largest absolute Gasteiger partial charge is 0.354 e. The number of nitrogens with two attached hydrogens (primary N) is 1. The number of fused-ring (bicyclic) bond motifs is 1. The maximum Gasteiger partial charge on any atom is 0.236 e. The number of carbonyl (C=O) groups is 1. The van der Waals surface area contributed by atoms with Crippen LogP contribution in [0.3, 0.4) is 0 Å². The lowest BCUT2D eigenvalue weighted by molar-refractivity contribution is -0.122. The van der Waals surface area contributed by atoms with Gasteiger partial charge >= 0.3 is 0 Å². The molecule has 4 heteroatoms. The minimum Gasteiger partial charge on any atom is -0.354 e. The van der Waals surface area contributed by atoms with Crippen LogP contribution in [0.15, 0.2) is 24.3 Å². The zero-order valence-electron chi connectivity index (χ0n) is 9.98. The smallest absolute Gasteiger partial charge is 0.236 e. The minimum atomic E-state index is -0.413. The van der Waals surface area contributed by atoms with Gasteiger partial charge in [0, 0.05) is 6.54 Å². The van der Waals surface area contributed by atoms with E-state index in [9.17, 15) is 4.79 Å². The molecule has 0 saturated heterocycles. The maximum atomic E-state index is 11.3. The van der Waals surface area contributed by atoms with Crippen LogP contribution in [0, 0.1) is 5.92 Å². The Labute approximate surface area is 108 Å². The van der Waals surface area contributed by atoms with Gasteiger partial charge in [-0.2, -0.15) is 0 Å². The topological polar surface area (TPSA) is 55.1 Å². The molecule has 0 fully saturated rings. The van der Waals surface area contributed by atoms with E-state index in [1.807, 2.05) is 0 Å². The van der Waals surface area contributed by atoms with Crippen LogP contribution in [0.1, 0.15) is 18.1 Å². The lowest BCUT2D eigenvalue weighted by Crippen LogP contribution is -2.40. The van der Waals surface area contributed by atoms with Crippen LogP contribution in [0.2, 0.25) is 0 Å². The average molecular weight is 255 g/mol. The van der Waals surface area contributed by atoms with Gasteiger partial charge in [-0.3, -0.25) is 4.79 Å². The van der Waals surface area contributed by atoms with Crippen LogP contribution in [-0.4, -0.2) is 18.5 Å². The summed E-state index contributed by atoms with van der Waals surface area (Å²) in [5.74, 6) is 0.469. The summed E-state index contributed by atoms with van der Waals surface area (Å²) in [6.45, 7) is 2.44. The van der Waals surface area contributed by atoms with Gasteiger partial charge in [0.1, 0.15) is 0 Å². The molecule has 3 nitrogen and oxygen atoms in total. The summed E-state index contributed by atoms with van der Waals surface area (Å²) in [6, 6.07) is 8.07. The van der Waals surface area contributed by atoms with Gasteiger partial charge in [-0.05, 0) is 36.8 Å². The zero-order chi connectivity index (χ0) is 11.5. The van der Waals surface area contributed by atoms with Gasteiger partial charge in [-0.15, -0.1) is 12.4 Å². The molecule has 1 aromatic rings. The second-order valence-corrected chi connectivity index (χ2v) is 4.58. The van der Waals surface area contributed by atoms with Crippen LogP contribution in [-0.2, 0) is 17.6 Å². The fourth-order valence-electron chi connectivity index (χ4n) is 2.20. The molecule has 0 saturated carbocycles. The van der Waals surface area contributed by atoms with Gasteiger partial charge in [-0.1, -0.05) is 24.3 Å². The zero-order valence-corrected chi connectivity index (χ0v) is 10.8. The van der Waals surface area contributed by atoms with Crippen molar-refractivity contribution in [3.63, 3.8) is 0 Å². The summed E-state index contributed by atoms with van der Waals surface area (Å²) in [4.78, 5) is 11.3. The quantitative estimate of drug-likeness (QED) is 0.854. The first-order valence-corrected chi connectivity index (χ1v) is 5.77. The number of rotatable bonds is 3. The lowest BCUT2D eigenvalue weighted by Gasteiger charge is -2.12. The summed E-state index contributed by atoms with van der Waals surface area (Å²) in [5.41, 5.74) is 8.33. The van der Waals surface area contributed by atoms with Gasteiger partial charge in [0.2, 0.25) is 5.91 Å². The van der Waals surface area contributed by atoms with Crippen LogP contribution in [0.5, 0.6) is 0 Å². The highest BCUT2D eigenvalue weighted by Gasteiger charge is 2.21. The van der Waals surface area contributed by atoms with Gasteiger partial charge in [0.05, 0.1) is 6.04 Å². The Morgan fingerprint density at radius 1 is 1.41 bits per heavy atom. The number of amides is 1. The first kappa shape index (κ1) is 14.0. The van der Waals surface area contributed by atoms with Crippen molar-refractivity contribution in [3.8, 4) is 0 Å². The molecule has 0 radical (unpaired) electrons. The standard InChI is InChI=1S/C13H18N2O.ClH/c1-9(14)13(16)15-8-10-6-11-4-2-3-5-12(11)7-10;/h2-5,9-10H,6-8,14H2,1H3,(H,15,16);1H/t9-;/m1./s1. The molecule has 1 amide bonds. The van der Waals surface area contributed by atoms with Crippen molar-refractivity contribution in [1.82, 2.24) is 5.32 Å². The second-order valence-electron chi connectivity index (χ2n) is 4.58. The minimum absolute atomic E-state index is 0. The SMILES string of the molecule is C[C@@H](N)C(=O)NCC1Cc2ccccc2C1.Cl. The Balaban J connectivity index is 0.00000144. The fourth-order valence-corrected chi connectivity index (χ4v) is 2.20. The molecule has 17 heavy (non-hydrogen) atoms. The first-order valence-electron chi connectivity index (χ1n) is 5.77. The predicted octanol–water partition coefficient (Wildman–Crippen LogP) is 1.29. The maximum absolute atomic E-state index is 11.3. The third-order valence-electron chi connectivity index (χ3n) is 3.11. The third-order valence-corrected chi connectivity index (χ3v) is 3.11. The summed E-state index contributed by atoms with van der Waals surface area (Å²) in [5, 5.41) is 2.89. The molecule has 3 N–H and O–H groups in total. The number of halogens is 1. The van der Waals surface area contributed by atoms with E-state index in [1.165, 1.54) is 11.1 Å². The van der Waals surface area contributed by atoms with E-state index in [-0.39, 0.29) is 18.3 Å². The molecule has 0 aliphatic heterocycles. The molecule has 0 bridgehead atoms. The lowest BCUT2D eigenvalue weighted by atomic mass is 10.1. The number of carbonyl (C=O) groups excluding carboxylic acids is 1. The highest BCUT2D eigenvalue weighted by Crippen LogP contribution is 2.25. The van der Waals surface area contributed by atoms with E-state index >= 15 is 0 Å². The fraction of sp³-hybridized carbons (Fsp3) is 0.462. The predicted molar refractivity (Wildman–Crippen MR) is 71.2 cm³/mol. The molecule has 0 unspecified atom stereocenters. The molecule has 0 heterocycles. The van der Waals surface area contributed by atoms with Crippen molar-refractivity contribution in [2.75, 3.05) is 6.54 Å². The van der Waals surface area contributed by atoms with E-state index in [0.29, 0.717) is 5.92 Å². The number of benzene rings is 1. The van der Waals surface area contributed by atoms with Gasteiger partial charge < -0.3 is 11.1 Å². The van der Waals surface area contributed by atoms with E-state index < -0.39 is 6.04 Å². The van der Waals surface area contributed by atoms with Gasteiger partial charge in [0.15, 0.2) is 0 Å². The van der Waals surface area contributed by atoms with Crippen molar-refractivity contribution in [1.29, 1.82) is 0 Å². The Hall–Kier alpha value is -1.06. The van der Waals surface area contributed by atoms with Crippen molar-refractivity contribution >= 4 is 18.3 Å². The van der Waals surface area contributed by atoms with E-state index in [0.717, 1.165) is 19.4 Å². The van der Waals surface area contributed by atoms with Crippen molar-refractivity contribution in [2.24, 2.45) is 11.7 Å². The van der Waals surface area contributed by atoms with Gasteiger partial charge in [-0.25, -0.2) is 0 Å². The van der Waals surface area contributed by atoms with E-state index in [4.69, 9.17) is 5.73 Å². The van der Waals surface area contributed by atoms with Crippen molar-refractivity contribution < 1.29 is 4.79 Å². The monoisotopic (exact) mass is 254 g/mol. The molecule has 0 aromatic heterocycles. The Bertz CT molecular complexity index is 368. The summed E-state index contributed by atoms with van der Waals surface area (Å²) >= 11 is 0. The van der Waals surface area contributed by atoms with Crippen molar-refractivity contribution in [3.05, 3.63) is 35.4 Å². The molecular weight excluding hydrogens is 236 g/mol. The number of hydrogen-bond acceptors (Lipinski definition) is 2. The molecule has 1 aliphatic rings. The average Bonchev–Trinajstić information content (AvgIpc) is 2.68. The third kappa shape index (κ3) is 3.45. The van der Waals surface area contributed by atoms with E-state index in [1.54, 1.807) is 6.92 Å². The summed E-state index contributed by atoms with van der Waals surface area (Å²) < 4.78 is 0. The number of nitrogens with one attached hydrogen (secondary N) is 1. The second kappa shape index (κ2) is 6.03. The summed E-state index contributed by atoms with van der Waals surface area (Å²) in [6.07, 6.45) is 2.13. The van der Waals surface area contributed by atoms with Crippen molar-refractivity contribution in [2.45, 2.75) is 25.8 Å². The Morgan fingerprint density at radius 3 is 2.41 bits per heavy atom. The van der Waals surface area contributed by atoms with Gasteiger partial charge in [0.25, 0.3) is 0 Å². The van der Waals surface area contributed by atoms with Crippen LogP contribution < -0.4 is 11.1 Å². The van der Waals surface area contributed by atoms with Crippen LogP contribution in [0.4, 0.5) is 0 Å². The Morgan fingerprint density at radius 2 is 1.94 bits per heavy atom. The molecule has 2 rings (SSSR count). The molecule has 0 spiro atoms. The Kier molecular flexibility index (Phi) is 4.97. The molecule has 1 aromatic carbocycles. The highest BCUT2D eigenvalue weighted by molar-refractivity contribution is 5.85. The van der Waals surface area contributed by atoms with E-state index in [2.05, 4.69) is 29.6 Å². The highest BCUT2D eigenvalue weighted by atomic mass is 35.5. The summed E-state index contributed by atoms with van der Waals surface area (Å²) in [7, 11) is 0. The molecule has 1 aliphatic carbocycles. The molecule has 94 valence electrons. The van der Waals surface area contributed by atoms with Crippen LogP contribution >= 0.6 is 12.4 Å². The van der Waals surface area contributed by atoms with Crippen LogP contribution in [0.25, 0.3) is 0 Å².